The number of hydrogen-bond donors (Lipinski definition) is 3. The van der Waals surface area contributed by atoms with Gasteiger partial charge in [-0.15, -0.1) is 0 Å². The minimum atomic E-state index is -4.39. The molecule has 1 aromatic carbocycles. The van der Waals surface area contributed by atoms with Crippen LogP contribution in [0.4, 0.5) is 16.3 Å². The Morgan fingerprint density at radius 3 is 2.34 bits per heavy atom. The Morgan fingerprint density at radius 2 is 1.72 bits per heavy atom. The molecular weight excluding hydrogens is 406 g/mol. The van der Waals surface area contributed by atoms with Crippen molar-refractivity contribution in [1.29, 1.82) is 0 Å². The smallest absolute Gasteiger partial charge is 0.339 e. The molecule has 0 aliphatic carbocycles. The van der Waals surface area contributed by atoms with Crippen LogP contribution in [0.3, 0.4) is 0 Å². The summed E-state index contributed by atoms with van der Waals surface area (Å²) in [7, 11) is -0.542. The summed E-state index contributed by atoms with van der Waals surface area (Å²) in [4.78, 5) is 31.8. The van der Waals surface area contributed by atoms with Crippen molar-refractivity contribution in [3.05, 3.63) is 35.4 Å². The minimum Gasteiger partial charge on any atom is -0.481 e. The SMILES string of the molecule is COC(=O)c1ccccc1NS(=O)(=O)NC(=O)Nc1nc(OC)nc(OC)c1C. The summed E-state index contributed by atoms with van der Waals surface area (Å²) in [6.45, 7) is 1.56. The second-order valence-corrected chi connectivity index (χ2v) is 6.81. The monoisotopic (exact) mass is 425 g/mol. The quantitative estimate of drug-likeness (QED) is 0.552. The lowest BCUT2D eigenvalue weighted by Gasteiger charge is -2.14. The lowest BCUT2D eigenvalue weighted by molar-refractivity contribution is 0.0602. The van der Waals surface area contributed by atoms with Gasteiger partial charge in [0.05, 0.1) is 38.1 Å². The van der Waals surface area contributed by atoms with Crippen molar-refractivity contribution >= 4 is 33.7 Å². The van der Waals surface area contributed by atoms with Gasteiger partial charge in [0.15, 0.2) is 0 Å². The van der Waals surface area contributed by atoms with E-state index >= 15 is 0 Å². The Kier molecular flexibility index (Phi) is 6.77. The number of amides is 2. The Hall–Kier alpha value is -3.61. The third-order valence-corrected chi connectivity index (χ3v) is 4.44. The summed E-state index contributed by atoms with van der Waals surface area (Å²) in [5.74, 6) is -0.625. The number of nitrogens with zero attached hydrogens (tertiary/aromatic N) is 2. The van der Waals surface area contributed by atoms with Gasteiger partial charge < -0.3 is 14.2 Å². The third kappa shape index (κ3) is 5.44. The number of rotatable bonds is 7. The first-order valence-corrected chi connectivity index (χ1v) is 9.44. The van der Waals surface area contributed by atoms with Crippen LogP contribution in [0, 0.1) is 6.92 Å². The summed E-state index contributed by atoms with van der Waals surface area (Å²) < 4.78 is 43.0. The van der Waals surface area contributed by atoms with E-state index in [0.717, 1.165) is 7.11 Å². The van der Waals surface area contributed by atoms with Gasteiger partial charge in [-0.25, -0.2) is 14.3 Å². The molecular formula is C16H19N5O7S. The number of esters is 1. The second kappa shape index (κ2) is 9.05. The van der Waals surface area contributed by atoms with Crippen molar-refractivity contribution in [3.63, 3.8) is 0 Å². The fourth-order valence-corrected chi connectivity index (χ4v) is 2.99. The van der Waals surface area contributed by atoms with E-state index < -0.39 is 22.2 Å². The number of benzene rings is 1. The summed E-state index contributed by atoms with van der Waals surface area (Å²) in [5.41, 5.74) is 0.257. The largest absolute Gasteiger partial charge is 0.481 e. The number of ether oxygens (including phenoxy) is 3. The molecule has 0 saturated carbocycles. The maximum atomic E-state index is 12.3. The maximum Gasteiger partial charge on any atom is 0.339 e. The number of aromatic nitrogens is 2. The lowest BCUT2D eigenvalue weighted by Crippen LogP contribution is -2.38. The van der Waals surface area contributed by atoms with E-state index in [1.54, 1.807) is 11.6 Å². The fraction of sp³-hybridized carbons (Fsp3) is 0.250. The van der Waals surface area contributed by atoms with E-state index in [1.807, 2.05) is 0 Å². The molecule has 0 bridgehead atoms. The highest BCUT2D eigenvalue weighted by Gasteiger charge is 2.21. The van der Waals surface area contributed by atoms with E-state index in [2.05, 4.69) is 24.7 Å². The van der Waals surface area contributed by atoms with Gasteiger partial charge in [0.2, 0.25) is 5.88 Å². The molecule has 1 heterocycles. The topological polar surface area (TPSA) is 158 Å². The number of para-hydroxylation sites is 1. The number of carbonyl (C=O) groups is 2. The van der Waals surface area contributed by atoms with Gasteiger partial charge in [-0.2, -0.15) is 18.4 Å². The van der Waals surface area contributed by atoms with E-state index in [0.29, 0.717) is 5.56 Å². The Labute approximate surface area is 166 Å². The normalized spacial score (nSPS) is 10.6. The zero-order chi connectivity index (χ0) is 21.6. The van der Waals surface area contributed by atoms with Crippen molar-refractivity contribution < 1.29 is 32.2 Å². The van der Waals surface area contributed by atoms with Crippen LogP contribution >= 0.6 is 0 Å². The molecule has 2 rings (SSSR count). The molecule has 0 aliphatic rings. The number of hydrogen-bond acceptors (Lipinski definition) is 9. The predicted molar refractivity (Wildman–Crippen MR) is 102 cm³/mol. The second-order valence-electron chi connectivity index (χ2n) is 5.39. The molecule has 0 unspecified atom stereocenters. The van der Waals surface area contributed by atoms with Gasteiger partial charge in [-0.1, -0.05) is 12.1 Å². The summed E-state index contributed by atoms with van der Waals surface area (Å²) in [5, 5.41) is 2.28. The first-order valence-electron chi connectivity index (χ1n) is 7.96. The molecule has 2 amide bonds. The average molecular weight is 425 g/mol. The predicted octanol–water partition coefficient (Wildman–Crippen LogP) is 1.07. The molecule has 0 saturated heterocycles. The van der Waals surface area contributed by atoms with Crippen LogP contribution in [0.25, 0.3) is 0 Å². The lowest BCUT2D eigenvalue weighted by atomic mass is 10.2. The van der Waals surface area contributed by atoms with Crippen LogP contribution in [0.2, 0.25) is 0 Å². The van der Waals surface area contributed by atoms with Gasteiger partial charge in [0, 0.05) is 0 Å². The van der Waals surface area contributed by atoms with Crippen molar-refractivity contribution in [1.82, 2.24) is 14.7 Å². The van der Waals surface area contributed by atoms with Crippen molar-refractivity contribution in [2.24, 2.45) is 0 Å². The summed E-state index contributed by atoms with van der Waals surface area (Å²) in [6, 6.07) is 4.55. The van der Waals surface area contributed by atoms with Crippen LogP contribution in [0.1, 0.15) is 15.9 Å². The number of carbonyl (C=O) groups excluding carboxylic acids is 2. The number of methoxy groups -OCH3 is 3. The molecule has 0 radical (unpaired) electrons. The summed E-state index contributed by atoms with van der Waals surface area (Å²) >= 11 is 0. The average Bonchev–Trinajstić information content (AvgIpc) is 2.68. The molecule has 0 atom stereocenters. The Bertz CT molecular complexity index is 1030. The highest BCUT2D eigenvalue weighted by molar-refractivity contribution is 7.91. The highest BCUT2D eigenvalue weighted by Crippen LogP contribution is 2.24. The molecule has 3 N–H and O–H groups in total. The van der Waals surface area contributed by atoms with Gasteiger partial charge in [0.1, 0.15) is 5.82 Å². The Morgan fingerprint density at radius 1 is 1.03 bits per heavy atom. The molecule has 29 heavy (non-hydrogen) atoms. The molecule has 156 valence electrons. The van der Waals surface area contributed by atoms with Crippen LogP contribution in [0.15, 0.2) is 24.3 Å². The minimum absolute atomic E-state index is 0.0173. The molecule has 0 aliphatic heterocycles. The number of urea groups is 1. The van der Waals surface area contributed by atoms with Crippen molar-refractivity contribution in [3.8, 4) is 11.9 Å². The highest BCUT2D eigenvalue weighted by atomic mass is 32.2. The molecule has 1 aromatic heterocycles. The standard InChI is InChI=1S/C16H19N5O7S/c1-9-12(18-16(28-4)19-13(9)26-2)17-15(23)21-29(24,25)20-11-8-6-5-7-10(11)14(22)27-3/h5-8,20H,1-4H3,(H2,17,18,19,21,23). The van der Waals surface area contributed by atoms with Crippen molar-refractivity contribution in [2.45, 2.75) is 6.92 Å². The van der Waals surface area contributed by atoms with Gasteiger partial charge in [0.25, 0.3) is 0 Å². The maximum absolute atomic E-state index is 12.3. The molecule has 0 fully saturated rings. The van der Waals surface area contributed by atoms with Crippen LogP contribution in [-0.2, 0) is 14.9 Å². The zero-order valence-electron chi connectivity index (χ0n) is 16.0. The van der Waals surface area contributed by atoms with Crippen LogP contribution in [0.5, 0.6) is 11.9 Å². The van der Waals surface area contributed by atoms with Crippen LogP contribution < -0.4 is 24.2 Å². The first kappa shape index (κ1) is 21.7. The van der Waals surface area contributed by atoms with E-state index in [9.17, 15) is 18.0 Å². The van der Waals surface area contributed by atoms with E-state index in [4.69, 9.17) is 9.47 Å². The first-order chi connectivity index (χ1) is 13.7. The van der Waals surface area contributed by atoms with E-state index in [1.165, 1.54) is 38.5 Å². The third-order valence-electron chi connectivity index (χ3n) is 3.49. The van der Waals surface area contributed by atoms with Crippen LogP contribution in [-0.4, -0.2) is 51.7 Å². The van der Waals surface area contributed by atoms with Gasteiger partial charge >= 0.3 is 28.2 Å². The number of nitrogens with one attached hydrogen (secondary N) is 3. The van der Waals surface area contributed by atoms with Gasteiger partial charge in [-0.3, -0.25) is 10.0 Å². The molecule has 13 heteroatoms. The van der Waals surface area contributed by atoms with E-state index in [-0.39, 0.29) is 29.0 Å². The number of anilines is 2. The van der Waals surface area contributed by atoms with Gasteiger partial charge in [-0.05, 0) is 19.1 Å². The molecule has 0 spiro atoms. The fourth-order valence-electron chi connectivity index (χ4n) is 2.17. The molecule has 12 nitrogen and oxygen atoms in total. The Balaban J connectivity index is 2.18. The summed E-state index contributed by atoms with van der Waals surface area (Å²) in [6.07, 6.45) is 0. The van der Waals surface area contributed by atoms with Crippen molar-refractivity contribution in [2.75, 3.05) is 31.4 Å². The zero-order valence-corrected chi connectivity index (χ0v) is 16.8. The molecule has 2 aromatic rings.